The van der Waals surface area contributed by atoms with Crippen molar-refractivity contribution in [1.29, 1.82) is 0 Å². The highest BCUT2D eigenvalue weighted by Crippen LogP contribution is 2.09. The van der Waals surface area contributed by atoms with Crippen molar-refractivity contribution in [2.45, 2.75) is 6.10 Å². The maximum absolute atomic E-state index is 5.14. The van der Waals surface area contributed by atoms with E-state index in [1.165, 1.54) is 0 Å². The van der Waals surface area contributed by atoms with Crippen molar-refractivity contribution in [2.24, 2.45) is 0 Å². The van der Waals surface area contributed by atoms with Crippen molar-refractivity contribution in [1.82, 2.24) is 4.90 Å². The summed E-state index contributed by atoms with van der Waals surface area (Å²) in [5, 5.41) is 0. The summed E-state index contributed by atoms with van der Waals surface area (Å²) in [5.74, 6) is 0.835. The van der Waals surface area contributed by atoms with Crippen LogP contribution in [-0.4, -0.2) is 43.5 Å². The molecule has 0 spiro atoms. The van der Waals surface area contributed by atoms with Crippen molar-refractivity contribution in [3.05, 3.63) is 12.2 Å². The van der Waals surface area contributed by atoms with Gasteiger partial charge < -0.3 is 4.74 Å². The van der Waals surface area contributed by atoms with Crippen LogP contribution in [-0.2, 0) is 4.74 Å². The summed E-state index contributed by atoms with van der Waals surface area (Å²) in [6, 6.07) is 0. The van der Waals surface area contributed by atoms with Crippen LogP contribution in [0.3, 0.4) is 0 Å². The molecule has 1 saturated heterocycles. The van der Waals surface area contributed by atoms with Crippen molar-refractivity contribution in [2.75, 3.05) is 32.5 Å². The van der Waals surface area contributed by atoms with Gasteiger partial charge in [-0.25, -0.2) is 0 Å². The van der Waals surface area contributed by atoms with Gasteiger partial charge in [-0.05, 0) is 0 Å². The molecule has 0 amide bonds. The molecule has 0 unspecified atom stereocenters. The molecule has 0 aromatic heterocycles. The van der Waals surface area contributed by atoms with Gasteiger partial charge in [-0.15, -0.1) is 0 Å². The molecule has 3 heteroatoms. The lowest BCUT2D eigenvalue weighted by Crippen LogP contribution is -2.51. The fraction of sp³-hybridized carbons (Fsp3) is 0.750. The predicted molar refractivity (Wildman–Crippen MR) is 50.2 cm³/mol. The lowest BCUT2D eigenvalue weighted by atomic mass is 10.2. The maximum Gasteiger partial charge on any atom is 0.0825 e. The number of nitrogens with zero attached hydrogens (tertiary/aromatic N) is 1. The number of thiol groups is 1. The lowest BCUT2D eigenvalue weighted by Gasteiger charge is -2.37. The van der Waals surface area contributed by atoms with E-state index in [4.69, 9.17) is 4.74 Å². The van der Waals surface area contributed by atoms with Gasteiger partial charge in [-0.2, -0.15) is 12.6 Å². The molecule has 0 atom stereocenters. The zero-order chi connectivity index (χ0) is 8.10. The van der Waals surface area contributed by atoms with Crippen LogP contribution >= 0.6 is 12.6 Å². The SMILES string of the molecule is COC1CN(C/C=C/CS)C1. The van der Waals surface area contributed by atoms with Crippen LogP contribution in [0.5, 0.6) is 0 Å². The molecule has 11 heavy (non-hydrogen) atoms. The van der Waals surface area contributed by atoms with Gasteiger partial charge in [0, 0.05) is 32.5 Å². The standard InChI is InChI=1S/C8H15NOS/c1-10-8-6-9(7-8)4-2-3-5-11/h2-3,8,11H,4-7H2,1H3/b3-2+. The minimum atomic E-state index is 0.472. The van der Waals surface area contributed by atoms with Crippen molar-refractivity contribution in [3.8, 4) is 0 Å². The number of methoxy groups -OCH3 is 1. The Hall–Kier alpha value is 0.01000. The summed E-state index contributed by atoms with van der Waals surface area (Å²) in [4.78, 5) is 2.34. The molecule has 0 bridgehead atoms. The van der Waals surface area contributed by atoms with Gasteiger partial charge in [0.15, 0.2) is 0 Å². The van der Waals surface area contributed by atoms with Crippen LogP contribution in [0, 0.1) is 0 Å². The lowest BCUT2D eigenvalue weighted by molar-refractivity contribution is -0.0232. The van der Waals surface area contributed by atoms with Gasteiger partial charge in [-0.3, -0.25) is 4.90 Å². The number of hydrogen-bond acceptors (Lipinski definition) is 3. The first-order valence-electron chi connectivity index (χ1n) is 3.88. The summed E-state index contributed by atoms with van der Waals surface area (Å²) >= 11 is 4.08. The highest BCUT2D eigenvalue weighted by atomic mass is 32.1. The number of ether oxygens (including phenoxy) is 1. The molecule has 1 fully saturated rings. The Morgan fingerprint density at radius 1 is 1.55 bits per heavy atom. The summed E-state index contributed by atoms with van der Waals surface area (Å²) in [5.41, 5.74) is 0. The maximum atomic E-state index is 5.14. The third kappa shape index (κ3) is 2.85. The van der Waals surface area contributed by atoms with E-state index in [2.05, 4.69) is 29.7 Å². The van der Waals surface area contributed by atoms with Gasteiger partial charge in [0.2, 0.25) is 0 Å². The molecule has 0 aromatic carbocycles. The minimum absolute atomic E-state index is 0.472. The van der Waals surface area contributed by atoms with Gasteiger partial charge >= 0.3 is 0 Å². The van der Waals surface area contributed by atoms with Crippen LogP contribution in [0.15, 0.2) is 12.2 Å². The number of likely N-dealkylation sites (tertiary alicyclic amines) is 1. The Morgan fingerprint density at radius 2 is 2.27 bits per heavy atom. The monoisotopic (exact) mass is 173 g/mol. The largest absolute Gasteiger partial charge is 0.379 e. The van der Waals surface area contributed by atoms with Crippen molar-refractivity contribution in [3.63, 3.8) is 0 Å². The van der Waals surface area contributed by atoms with Crippen LogP contribution in [0.1, 0.15) is 0 Å². The van der Waals surface area contributed by atoms with E-state index >= 15 is 0 Å². The van der Waals surface area contributed by atoms with Gasteiger partial charge in [0.25, 0.3) is 0 Å². The fourth-order valence-electron chi connectivity index (χ4n) is 1.12. The molecule has 1 aliphatic heterocycles. The van der Waals surface area contributed by atoms with E-state index in [1.807, 2.05) is 0 Å². The van der Waals surface area contributed by atoms with E-state index in [-0.39, 0.29) is 0 Å². The molecule has 1 aliphatic rings. The van der Waals surface area contributed by atoms with Gasteiger partial charge in [-0.1, -0.05) is 12.2 Å². The molecule has 2 nitrogen and oxygen atoms in total. The van der Waals surface area contributed by atoms with Crippen molar-refractivity contribution < 1.29 is 4.74 Å². The minimum Gasteiger partial charge on any atom is -0.379 e. The van der Waals surface area contributed by atoms with Crippen LogP contribution in [0.25, 0.3) is 0 Å². The van der Waals surface area contributed by atoms with Crippen LogP contribution in [0.4, 0.5) is 0 Å². The molecular weight excluding hydrogens is 158 g/mol. The van der Waals surface area contributed by atoms with E-state index < -0.39 is 0 Å². The Labute approximate surface area is 73.6 Å². The predicted octanol–water partition coefficient (Wildman–Crippen LogP) is 0.803. The summed E-state index contributed by atoms with van der Waals surface area (Å²) < 4.78 is 5.14. The summed E-state index contributed by atoms with van der Waals surface area (Å²) in [6.07, 6.45) is 4.70. The molecule has 1 rings (SSSR count). The quantitative estimate of drug-likeness (QED) is 0.499. The average Bonchev–Trinajstić information content (AvgIpc) is 1.94. The molecule has 0 N–H and O–H groups in total. The summed E-state index contributed by atoms with van der Waals surface area (Å²) in [6.45, 7) is 3.20. The third-order valence-corrected chi connectivity index (χ3v) is 2.10. The van der Waals surface area contributed by atoms with E-state index in [0.717, 1.165) is 25.4 Å². The number of hydrogen-bond donors (Lipinski definition) is 1. The second-order valence-electron chi connectivity index (χ2n) is 2.73. The highest BCUT2D eigenvalue weighted by molar-refractivity contribution is 7.80. The normalized spacial score (nSPS) is 20.9. The first-order valence-corrected chi connectivity index (χ1v) is 4.51. The van der Waals surface area contributed by atoms with Gasteiger partial charge in [0.05, 0.1) is 6.10 Å². The fourth-order valence-corrected chi connectivity index (χ4v) is 1.27. The first kappa shape index (κ1) is 9.10. The Balaban J connectivity index is 2.00. The second-order valence-corrected chi connectivity index (χ2v) is 3.10. The Bertz CT molecular complexity index is 132. The third-order valence-electron chi connectivity index (χ3n) is 1.89. The van der Waals surface area contributed by atoms with E-state index in [9.17, 15) is 0 Å². The average molecular weight is 173 g/mol. The molecule has 0 saturated carbocycles. The number of rotatable bonds is 4. The zero-order valence-corrected chi connectivity index (χ0v) is 7.76. The molecule has 0 aromatic rings. The molecule has 64 valence electrons. The molecule has 1 heterocycles. The molecule has 0 radical (unpaired) electrons. The second kappa shape index (κ2) is 4.80. The van der Waals surface area contributed by atoms with Crippen LogP contribution < -0.4 is 0 Å². The van der Waals surface area contributed by atoms with Crippen LogP contribution in [0.2, 0.25) is 0 Å². The molecule has 0 aliphatic carbocycles. The summed E-state index contributed by atoms with van der Waals surface area (Å²) in [7, 11) is 1.77. The zero-order valence-electron chi connectivity index (χ0n) is 6.86. The highest BCUT2D eigenvalue weighted by Gasteiger charge is 2.24. The van der Waals surface area contributed by atoms with Crippen molar-refractivity contribution >= 4 is 12.6 Å². The topological polar surface area (TPSA) is 12.5 Å². The first-order chi connectivity index (χ1) is 5.36. The van der Waals surface area contributed by atoms with E-state index in [1.54, 1.807) is 7.11 Å². The molecular formula is C8H15NOS. The Morgan fingerprint density at radius 3 is 2.82 bits per heavy atom. The van der Waals surface area contributed by atoms with E-state index in [0.29, 0.717) is 6.10 Å². The Kier molecular flexibility index (Phi) is 3.97. The van der Waals surface area contributed by atoms with Gasteiger partial charge in [0.1, 0.15) is 0 Å². The smallest absolute Gasteiger partial charge is 0.0825 e.